The number of para-hydroxylation sites is 2. The van der Waals surface area contributed by atoms with E-state index < -0.39 is 0 Å². The summed E-state index contributed by atoms with van der Waals surface area (Å²) in [5, 5.41) is 3.43. The summed E-state index contributed by atoms with van der Waals surface area (Å²) in [5.74, 6) is 0.922. The zero-order chi connectivity index (χ0) is 12.3. The summed E-state index contributed by atoms with van der Waals surface area (Å²) in [6, 6.07) is 8.58. The van der Waals surface area contributed by atoms with Gasteiger partial charge in [0.15, 0.2) is 0 Å². The van der Waals surface area contributed by atoms with Gasteiger partial charge in [0.05, 0.1) is 11.0 Å². The lowest BCUT2D eigenvalue weighted by atomic mass is 10.3. The number of rotatable bonds is 5. The standard InChI is InChI=1S/C13H20N4/c1-3-10(2)15-13-16-11-6-4-5-7-12(11)17(13)9-8-14/h4-7,10H,3,8-9,14H2,1-2H3,(H,15,16). The molecule has 1 unspecified atom stereocenters. The van der Waals surface area contributed by atoms with Gasteiger partial charge in [0, 0.05) is 19.1 Å². The number of imidazole rings is 1. The second-order valence-corrected chi connectivity index (χ2v) is 4.32. The Bertz CT molecular complexity index is 489. The van der Waals surface area contributed by atoms with E-state index in [1.807, 2.05) is 18.2 Å². The lowest BCUT2D eigenvalue weighted by Gasteiger charge is -2.14. The number of hydrogen-bond acceptors (Lipinski definition) is 3. The molecule has 1 heterocycles. The first-order valence-corrected chi connectivity index (χ1v) is 6.18. The van der Waals surface area contributed by atoms with E-state index in [2.05, 4.69) is 34.8 Å². The summed E-state index contributed by atoms with van der Waals surface area (Å²) < 4.78 is 2.15. The van der Waals surface area contributed by atoms with Gasteiger partial charge in [-0.15, -0.1) is 0 Å². The fourth-order valence-corrected chi connectivity index (χ4v) is 1.86. The van der Waals surface area contributed by atoms with Crippen molar-refractivity contribution >= 4 is 17.0 Å². The normalized spacial score (nSPS) is 12.9. The van der Waals surface area contributed by atoms with Crippen LogP contribution in [0.1, 0.15) is 20.3 Å². The Morgan fingerprint density at radius 1 is 1.41 bits per heavy atom. The minimum Gasteiger partial charge on any atom is -0.353 e. The second kappa shape index (κ2) is 5.19. The van der Waals surface area contributed by atoms with Crippen LogP contribution in [-0.4, -0.2) is 22.1 Å². The van der Waals surface area contributed by atoms with Crippen LogP contribution < -0.4 is 11.1 Å². The average molecular weight is 232 g/mol. The van der Waals surface area contributed by atoms with Gasteiger partial charge in [0.2, 0.25) is 5.95 Å². The van der Waals surface area contributed by atoms with Gasteiger partial charge in [-0.2, -0.15) is 0 Å². The van der Waals surface area contributed by atoms with Crippen LogP contribution in [0.4, 0.5) is 5.95 Å². The van der Waals surface area contributed by atoms with Crippen molar-refractivity contribution in [2.24, 2.45) is 5.73 Å². The highest BCUT2D eigenvalue weighted by atomic mass is 15.2. The monoisotopic (exact) mass is 232 g/mol. The Hall–Kier alpha value is -1.55. The molecule has 2 aromatic rings. The van der Waals surface area contributed by atoms with Crippen molar-refractivity contribution < 1.29 is 0 Å². The Morgan fingerprint density at radius 3 is 2.88 bits per heavy atom. The van der Waals surface area contributed by atoms with Crippen LogP contribution in [0.2, 0.25) is 0 Å². The third-order valence-corrected chi connectivity index (χ3v) is 3.00. The van der Waals surface area contributed by atoms with Crippen molar-refractivity contribution in [3.8, 4) is 0 Å². The highest BCUT2D eigenvalue weighted by Crippen LogP contribution is 2.20. The Balaban J connectivity index is 2.42. The third-order valence-electron chi connectivity index (χ3n) is 3.00. The van der Waals surface area contributed by atoms with Gasteiger partial charge in [0.25, 0.3) is 0 Å². The van der Waals surface area contributed by atoms with E-state index in [4.69, 9.17) is 5.73 Å². The van der Waals surface area contributed by atoms with Crippen LogP contribution >= 0.6 is 0 Å². The van der Waals surface area contributed by atoms with Gasteiger partial charge in [-0.25, -0.2) is 4.98 Å². The summed E-state index contributed by atoms with van der Waals surface area (Å²) in [6.45, 7) is 5.73. The van der Waals surface area contributed by atoms with E-state index in [1.165, 1.54) is 0 Å². The van der Waals surface area contributed by atoms with Gasteiger partial charge in [-0.3, -0.25) is 0 Å². The molecular formula is C13H20N4. The van der Waals surface area contributed by atoms with Crippen molar-refractivity contribution in [3.05, 3.63) is 24.3 Å². The highest BCUT2D eigenvalue weighted by molar-refractivity contribution is 5.78. The SMILES string of the molecule is CCC(C)Nc1nc2ccccc2n1CCN. The van der Waals surface area contributed by atoms with Crippen molar-refractivity contribution in [1.82, 2.24) is 9.55 Å². The number of nitrogens with zero attached hydrogens (tertiary/aromatic N) is 2. The predicted octanol–water partition coefficient (Wildman–Crippen LogP) is 2.21. The number of benzene rings is 1. The molecule has 92 valence electrons. The van der Waals surface area contributed by atoms with Gasteiger partial charge >= 0.3 is 0 Å². The van der Waals surface area contributed by atoms with Crippen LogP contribution in [0.3, 0.4) is 0 Å². The maximum Gasteiger partial charge on any atom is 0.204 e. The van der Waals surface area contributed by atoms with E-state index in [1.54, 1.807) is 0 Å². The van der Waals surface area contributed by atoms with Crippen LogP contribution in [-0.2, 0) is 6.54 Å². The molecule has 1 atom stereocenters. The molecule has 4 heteroatoms. The summed E-state index contributed by atoms with van der Waals surface area (Å²) in [6.07, 6.45) is 1.08. The molecule has 0 aliphatic carbocycles. The molecule has 0 radical (unpaired) electrons. The molecular weight excluding hydrogens is 212 g/mol. The van der Waals surface area contributed by atoms with Gasteiger partial charge < -0.3 is 15.6 Å². The van der Waals surface area contributed by atoms with Crippen LogP contribution in [0.15, 0.2) is 24.3 Å². The first kappa shape index (κ1) is 11.9. The Morgan fingerprint density at radius 2 is 2.18 bits per heavy atom. The van der Waals surface area contributed by atoms with Gasteiger partial charge in [0.1, 0.15) is 0 Å². The molecule has 0 bridgehead atoms. The molecule has 4 nitrogen and oxygen atoms in total. The van der Waals surface area contributed by atoms with E-state index in [-0.39, 0.29) is 0 Å². The summed E-state index contributed by atoms with van der Waals surface area (Å²) in [7, 11) is 0. The number of aromatic nitrogens is 2. The number of nitrogens with one attached hydrogen (secondary N) is 1. The number of anilines is 1. The lowest BCUT2D eigenvalue weighted by molar-refractivity contribution is 0.698. The van der Waals surface area contributed by atoms with E-state index in [9.17, 15) is 0 Å². The number of nitrogens with two attached hydrogens (primary N) is 1. The number of hydrogen-bond donors (Lipinski definition) is 2. The quantitative estimate of drug-likeness (QED) is 0.831. The van der Waals surface area contributed by atoms with E-state index in [0.29, 0.717) is 12.6 Å². The molecule has 0 amide bonds. The van der Waals surface area contributed by atoms with Crippen molar-refractivity contribution in [2.75, 3.05) is 11.9 Å². The maximum atomic E-state index is 5.67. The fraction of sp³-hybridized carbons (Fsp3) is 0.462. The highest BCUT2D eigenvalue weighted by Gasteiger charge is 2.10. The molecule has 2 rings (SSSR count). The maximum absolute atomic E-state index is 5.67. The first-order chi connectivity index (χ1) is 8.26. The molecule has 0 spiro atoms. The molecule has 1 aromatic carbocycles. The second-order valence-electron chi connectivity index (χ2n) is 4.32. The Labute approximate surface area is 102 Å². The molecule has 0 aliphatic rings. The Kier molecular flexibility index (Phi) is 3.64. The molecule has 1 aromatic heterocycles. The van der Waals surface area contributed by atoms with Crippen LogP contribution in [0.25, 0.3) is 11.0 Å². The van der Waals surface area contributed by atoms with Crippen molar-refractivity contribution in [1.29, 1.82) is 0 Å². The third kappa shape index (κ3) is 2.42. The molecule has 3 N–H and O–H groups in total. The molecule has 0 aliphatic heterocycles. The smallest absolute Gasteiger partial charge is 0.204 e. The van der Waals surface area contributed by atoms with Crippen LogP contribution in [0, 0.1) is 0 Å². The largest absolute Gasteiger partial charge is 0.353 e. The van der Waals surface area contributed by atoms with Gasteiger partial charge in [-0.05, 0) is 25.5 Å². The van der Waals surface area contributed by atoms with Crippen molar-refractivity contribution in [2.45, 2.75) is 32.9 Å². The van der Waals surface area contributed by atoms with E-state index in [0.717, 1.165) is 29.9 Å². The molecule has 0 fully saturated rings. The fourth-order valence-electron chi connectivity index (χ4n) is 1.86. The zero-order valence-corrected chi connectivity index (χ0v) is 10.5. The van der Waals surface area contributed by atoms with Gasteiger partial charge in [-0.1, -0.05) is 19.1 Å². The summed E-state index contributed by atoms with van der Waals surface area (Å²) in [4.78, 5) is 4.62. The minimum absolute atomic E-state index is 0.420. The van der Waals surface area contributed by atoms with Crippen molar-refractivity contribution in [3.63, 3.8) is 0 Å². The molecule has 0 saturated carbocycles. The minimum atomic E-state index is 0.420. The summed E-state index contributed by atoms with van der Waals surface area (Å²) >= 11 is 0. The zero-order valence-electron chi connectivity index (χ0n) is 10.5. The number of fused-ring (bicyclic) bond motifs is 1. The van der Waals surface area contributed by atoms with Crippen LogP contribution in [0.5, 0.6) is 0 Å². The molecule has 0 saturated heterocycles. The lowest BCUT2D eigenvalue weighted by Crippen LogP contribution is -2.19. The topological polar surface area (TPSA) is 55.9 Å². The first-order valence-electron chi connectivity index (χ1n) is 6.18. The average Bonchev–Trinajstić information content (AvgIpc) is 2.68. The summed E-state index contributed by atoms with van der Waals surface area (Å²) in [5.41, 5.74) is 7.83. The van der Waals surface area contributed by atoms with E-state index >= 15 is 0 Å². The predicted molar refractivity (Wildman–Crippen MR) is 72.2 cm³/mol. The molecule has 17 heavy (non-hydrogen) atoms.